The van der Waals surface area contributed by atoms with E-state index in [-0.39, 0.29) is 17.9 Å². The normalized spacial score (nSPS) is 9.81. The molecule has 1 aromatic heterocycles. The molecule has 0 radical (unpaired) electrons. The minimum absolute atomic E-state index is 0.0204. The number of hydrogen-bond donors (Lipinski definition) is 2. The van der Waals surface area contributed by atoms with E-state index in [9.17, 15) is 14.9 Å². The van der Waals surface area contributed by atoms with E-state index in [0.29, 0.717) is 13.0 Å². The molecule has 7 heteroatoms. The Morgan fingerprint density at radius 2 is 2.31 bits per heavy atom. The third kappa shape index (κ3) is 3.28. The number of aliphatic hydroxyl groups is 1. The van der Waals surface area contributed by atoms with Gasteiger partial charge in [0.25, 0.3) is 11.6 Å². The number of rotatable bonds is 5. The van der Waals surface area contributed by atoms with Crippen LogP contribution in [0.25, 0.3) is 0 Å². The first kappa shape index (κ1) is 12.1. The molecule has 1 aromatic rings. The van der Waals surface area contributed by atoms with Crippen molar-refractivity contribution >= 4 is 11.6 Å². The van der Waals surface area contributed by atoms with E-state index in [4.69, 9.17) is 5.11 Å². The van der Waals surface area contributed by atoms with Crippen molar-refractivity contribution in [3.8, 4) is 0 Å². The average Bonchev–Trinajstić information content (AvgIpc) is 2.29. The molecule has 0 aromatic carbocycles. The number of nitro groups is 1. The Labute approximate surface area is 91.3 Å². The van der Waals surface area contributed by atoms with Crippen molar-refractivity contribution in [2.75, 3.05) is 13.2 Å². The van der Waals surface area contributed by atoms with E-state index in [1.54, 1.807) is 0 Å². The molecular formula is C9H11N3O4. The summed E-state index contributed by atoms with van der Waals surface area (Å²) in [6.07, 6.45) is 2.76. The molecule has 0 bridgehead atoms. The number of nitrogens with one attached hydrogen (secondary N) is 1. The molecule has 0 unspecified atom stereocenters. The molecular weight excluding hydrogens is 214 g/mol. The Morgan fingerprint density at radius 3 is 2.94 bits per heavy atom. The number of hydrogen-bond acceptors (Lipinski definition) is 5. The fourth-order valence-corrected chi connectivity index (χ4v) is 1.03. The first-order valence-corrected chi connectivity index (χ1v) is 4.63. The van der Waals surface area contributed by atoms with E-state index in [1.165, 1.54) is 6.20 Å². The second-order valence-corrected chi connectivity index (χ2v) is 3.02. The summed E-state index contributed by atoms with van der Waals surface area (Å²) in [6.45, 7) is 0.297. The summed E-state index contributed by atoms with van der Waals surface area (Å²) >= 11 is 0. The molecule has 0 spiro atoms. The van der Waals surface area contributed by atoms with Gasteiger partial charge in [-0.05, 0) is 6.42 Å². The van der Waals surface area contributed by atoms with Crippen molar-refractivity contribution in [1.82, 2.24) is 10.3 Å². The zero-order chi connectivity index (χ0) is 12.0. The first-order valence-electron chi connectivity index (χ1n) is 4.63. The third-order valence-electron chi connectivity index (χ3n) is 1.82. The molecule has 0 fully saturated rings. The minimum Gasteiger partial charge on any atom is -0.396 e. The molecule has 1 amide bonds. The van der Waals surface area contributed by atoms with E-state index in [1.807, 2.05) is 0 Å². The Morgan fingerprint density at radius 1 is 1.56 bits per heavy atom. The lowest BCUT2D eigenvalue weighted by Crippen LogP contribution is -2.25. The van der Waals surface area contributed by atoms with Crippen molar-refractivity contribution in [2.24, 2.45) is 0 Å². The van der Waals surface area contributed by atoms with Gasteiger partial charge in [0, 0.05) is 25.4 Å². The number of nitrogens with zero attached hydrogens (tertiary/aromatic N) is 2. The quantitative estimate of drug-likeness (QED) is 0.420. The first-order chi connectivity index (χ1) is 7.65. The maximum atomic E-state index is 11.4. The van der Waals surface area contributed by atoms with Crippen LogP contribution in [0.2, 0.25) is 0 Å². The van der Waals surface area contributed by atoms with Gasteiger partial charge in [0.1, 0.15) is 6.20 Å². The Kier molecular flexibility index (Phi) is 4.34. The van der Waals surface area contributed by atoms with Gasteiger partial charge in [0.05, 0.1) is 10.5 Å². The van der Waals surface area contributed by atoms with Crippen LogP contribution in [0.1, 0.15) is 16.8 Å². The van der Waals surface area contributed by atoms with Gasteiger partial charge < -0.3 is 10.4 Å². The van der Waals surface area contributed by atoms with Crippen LogP contribution < -0.4 is 5.32 Å². The van der Waals surface area contributed by atoms with Gasteiger partial charge in [0.2, 0.25) is 0 Å². The van der Waals surface area contributed by atoms with E-state index in [0.717, 1.165) is 12.3 Å². The monoisotopic (exact) mass is 225 g/mol. The predicted octanol–water partition coefficient (Wildman–Crippen LogP) is 0.102. The van der Waals surface area contributed by atoms with Gasteiger partial charge in [-0.3, -0.25) is 19.9 Å². The van der Waals surface area contributed by atoms with Crippen LogP contribution in [0.5, 0.6) is 0 Å². The summed E-state index contributed by atoms with van der Waals surface area (Å²) in [7, 11) is 0. The number of carbonyl (C=O) groups is 1. The van der Waals surface area contributed by atoms with Crippen molar-refractivity contribution in [1.29, 1.82) is 0 Å². The molecule has 0 aliphatic heterocycles. The maximum absolute atomic E-state index is 11.4. The molecule has 0 atom stereocenters. The van der Waals surface area contributed by atoms with Crippen LogP contribution >= 0.6 is 0 Å². The molecule has 1 rings (SSSR count). The van der Waals surface area contributed by atoms with E-state index in [2.05, 4.69) is 10.3 Å². The number of amides is 1. The number of aliphatic hydroxyl groups excluding tert-OH is 1. The maximum Gasteiger partial charge on any atom is 0.288 e. The summed E-state index contributed by atoms with van der Waals surface area (Å²) in [5.41, 5.74) is -0.0954. The molecule has 16 heavy (non-hydrogen) atoms. The van der Waals surface area contributed by atoms with Gasteiger partial charge in [-0.15, -0.1) is 0 Å². The van der Waals surface area contributed by atoms with Crippen LogP contribution in [0, 0.1) is 10.1 Å². The largest absolute Gasteiger partial charge is 0.396 e. The fourth-order valence-electron chi connectivity index (χ4n) is 1.03. The summed E-state index contributed by atoms with van der Waals surface area (Å²) in [5.74, 6) is -0.440. The molecule has 7 nitrogen and oxygen atoms in total. The summed E-state index contributed by atoms with van der Waals surface area (Å²) in [4.78, 5) is 24.9. The number of carbonyl (C=O) groups excluding carboxylic acids is 1. The lowest BCUT2D eigenvalue weighted by molar-refractivity contribution is -0.385. The van der Waals surface area contributed by atoms with Gasteiger partial charge in [0.15, 0.2) is 0 Å². The second kappa shape index (κ2) is 5.76. The van der Waals surface area contributed by atoms with Gasteiger partial charge >= 0.3 is 0 Å². The van der Waals surface area contributed by atoms with E-state index < -0.39 is 10.8 Å². The molecule has 86 valence electrons. The molecule has 1 heterocycles. The number of pyridine rings is 1. The second-order valence-electron chi connectivity index (χ2n) is 3.02. The summed E-state index contributed by atoms with van der Waals surface area (Å²) < 4.78 is 0. The molecule has 0 saturated carbocycles. The zero-order valence-electron chi connectivity index (χ0n) is 8.42. The zero-order valence-corrected chi connectivity index (χ0v) is 8.42. The molecule has 0 aliphatic carbocycles. The fraction of sp³-hybridized carbons (Fsp3) is 0.333. The Balaban J connectivity index is 2.68. The highest BCUT2D eigenvalue weighted by Gasteiger charge is 2.11. The molecule has 0 aliphatic rings. The van der Waals surface area contributed by atoms with Crippen molar-refractivity contribution in [3.05, 3.63) is 34.1 Å². The van der Waals surface area contributed by atoms with Crippen LogP contribution in [-0.4, -0.2) is 34.1 Å². The van der Waals surface area contributed by atoms with E-state index >= 15 is 0 Å². The average molecular weight is 225 g/mol. The SMILES string of the molecule is O=C(NCCCO)c1cncc([N+](=O)[O-])c1. The highest BCUT2D eigenvalue weighted by Crippen LogP contribution is 2.10. The van der Waals surface area contributed by atoms with Crippen LogP contribution in [-0.2, 0) is 0 Å². The van der Waals surface area contributed by atoms with Crippen molar-refractivity contribution in [2.45, 2.75) is 6.42 Å². The van der Waals surface area contributed by atoms with Gasteiger partial charge in [-0.25, -0.2) is 0 Å². The number of aromatic nitrogens is 1. The van der Waals surface area contributed by atoms with Crippen molar-refractivity contribution in [3.63, 3.8) is 0 Å². The minimum atomic E-state index is -0.614. The molecule has 0 saturated heterocycles. The van der Waals surface area contributed by atoms with Crippen molar-refractivity contribution < 1.29 is 14.8 Å². The summed E-state index contributed by atoms with van der Waals surface area (Å²) in [6, 6.07) is 1.15. The third-order valence-corrected chi connectivity index (χ3v) is 1.82. The topological polar surface area (TPSA) is 105 Å². The van der Waals surface area contributed by atoms with Crippen LogP contribution in [0.3, 0.4) is 0 Å². The lowest BCUT2D eigenvalue weighted by Gasteiger charge is -2.02. The Bertz CT molecular complexity index is 394. The molecule has 2 N–H and O–H groups in total. The standard InChI is InChI=1S/C9H11N3O4/c13-3-1-2-11-9(14)7-4-8(12(15)16)6-10-5-7/h4-6,13H,1-3H2,(H,11,14). The van der Waals surface area contributed by atoms with Gasteiger partial charge in [-0.1, -0.05) is 0 Å². The summed E-state index contributed by atoms with van der Waals surface area (Å²) in [5, 5.41) is 21.5. The van der Waals surface area contributed by atoms with Crippen LogP contribution in [0.15, 0.2) is 18.5 Å². The van der Waals surface area contributed by atoms with Crippen LogP contribution in [0.4, 0.5) is 5.69 Å². The predicted molar refractivity (Wildman–Crippen MR) is 54.9 cm³/mol. The lowest BCUT2D eigenvalue weighted by atomic mass is 10.2. The highest BCUT2D eigenvalue weighted by molar-refractivity contribution is 5.94. The Hall–Kier alpha value is -2.02. The van der Waals surface area contributed by atoms with Gasteiger partial charge in [-0.2, -0.15) is 0 Å². The smallest absolute Gasteiger partial charge is 0.288 e. The highest BCUT2D eigenvalue weighted by atomic mass is 16.6.